The molecule has 2 heteroatoms. The van der Waals surface area contributed by atoms with Crippen LogP contribution in [0.3, 0.4) is 0 Å². The van der Waals surface area contributed by atoms with Gasteiger partial charge in [0.05, 0.1) is 6.10 Å². The Morgan fingerprint density at radius 1 is 1.46 bits per heavy atom. The maximum absolute atomic E-state index is 5.73. The lowest BCUT2D eigenvalue weighted by atomic mass is 10.1. The number of rotatable bonds is 5. The van der Waals surface area contributed by atoms with Crippen LogP contribution in [-0.2, 0) is 4.74 Å². The minimum Gasteiger partial charge on any atom is -0.378 e. The van der Waals surface area contributed by atoms with Crippen molar-refractivity contribution in [3.8, 4) is 12.3 Å². The Balaban J connectivity index is 2.10. The minimum atomic E-state index is 0.405. The molecule has 0 aromatic heterocycles. The van der Waals surface area contributed by atoms with E-state index in [1.54, 1.807) is 0 Å². The van der Waals surface area contributed by atoms with Crippen LogP contribution in [-0.4, -0.2) is 19.3 Å². The highest BCUT2D eigenvalue weighted by Gasteiger charge is 2.26. The van der Waals surface area contributed by atoms with Gasteiger partial charge in [0.25, 0.3) is 0 Å². The molecule has 13 heavy (non-hydrogen) atoms. The first kappa shape index (κ1) is 10.6. The molecular formula is C11H19NO. The maximum Gasteiger partial charge on any atom is 0.0615 e. The highest BCUT2D eigenvalue weighted by atomic mass is 16.5. The Hall–Kier alpha value is -0.520. The lowest BCUT2D eigenvalue weighted by molar-refractivity contribution is 0.0294. The van der Waals surface area contributed by atoms with Crippen molar-refractivity contribution >= 4 is 0 Å². The lowest BCUT2D eigenvalue weighted by Gasteiger charge is -2.18. The van der Waals surface area contributed by atoms with Gasteiger partial charge >= 0.3 is 0 Å². The fourth-order valence-electron chi connectivity index (χ4n) is 1.90. The van der Waals surface area contributed by atoms with Crippen molar-refractivity contribution in [1.29, 1.82) is 0 Å². The molecule has 0 spiro atoms. The smallest absolute Gasteiger partial charge is 0.0615 e. The van der Waals surface area contributed by atoms with Crippen LogP contribution in [0.25, 0.3) is 0 Å². The molecule has 2 atom stereocenters. The van der Waals surface area contributed by atoms with Gasteiger partial charge in [-0.05, 0) is 31.7 Å². The molecule has 0 aromatic carbocycles. The Kier molecular flexibility index (Phi) is 4.88. The van der Waals surface area contributed by atoms with E-state index in [1.807, 2.05) is 0 Å². The fraction of sp³-hybridized carbons (Fsp3) is 0.818. The summed E-state index contributed by atoms with van der Waals surface area (Å²) in [5.74, 6) is 3.20. The first-order chi connectivity index (χ1) is 6.38. The van der Waals surface area contributed by atoms with Crippen molar-refractivity contribution in [3.63, 3.8) is 0 Å². The van der Waals surface area contributed by atoms with E-state index in [0.29, 0.717) is 12.0 Å². The highest BCUT2D eigenvalue weighted by molar-refractivity contribution is 4.83. The highest BCUT2D eigenvalue weighted by Crippen LogP contribution is 2.27. The molecule has 1 saturated carbocycles. The van der Waals surface area contributed by atoms with Crippen LogP contribution < -0.4 is 5.73 Å². The van der Waals surface area contributed by atoms with Gasteiger partial charge in [-0.3, -0.25) is 0 Å². The second kappa shape index (κ2) is 6.01. The van der Waals surface area contributed by atoms with E-state index in [-0.39, 0.29) is 0 Å². The molecule has 1 fully saturated rings. The molecular weight excluding hydrogens is 162 g/mol. The maximum atomic E-state index is 5.73. The number of hydrogen-bond donors (Lipinski definition) is 1. The van der Waals surface area contributed by atoms with Gasteiger partial charge in [-0.1, -0.05) is 6.42 Å². The van der Waals surface area contributed by atoms with Crippen LogP contribution in [0, 0.1) is 18.3 Å². The van der Waals surface area contributed by atoms with E-state index in [2.05, 4.69) is 5.92 Å². The Morgan fingerprint density at radius 3 is 3.00 bits per heavy atom. The van der Waals surface area contributed by atoms with Gasteiger partial charge in [-0.2, -0.15) is 0 Å². The summed E-state index contributed by atoms with van der Waals surface area (Å²) >= 11 is 0. The quantitative estimate of drug-likeness (QED) is 0.516. The zero-order valence-electron chi connectivity index (χ0n) is 8.17. The standard InChI is InChI=1S/C11H19NO/c1-2-3-4-8-13-11-7-5-6-10(11)9-12/h1,10-11H,3-9,12H2. The van der Waals surface area contributed by atoms with Gasteiger partial charge in [0.15, 0.2) is 0 Å². The Bertz CT molecular complexity index is 173. The fourth-order valence-corrected chi connectivity index (χ4v) is 1.90. The van der Waals surface area contributed by atoms with Gasteiger partial charge in [0.1, 0.15) is 0 Å². The largest absolute Gasteiger partial charge is 0.378 e. The van der Waals surface area contributed by atoms with Crippen molar-refractivity contribution < 1.29 is 4.74 Å². The lowest BCUT2D eigenvalue weighted by Crippen LogP contribution is -2.25. The molecule has 0 saturated heterocycles. The third-order valence-corrected chi connectivity index (χ3v) is 2.69. The molecule has 2 nitrogen and oxygen atoms in total. The summed E-state index contributed by atoms with van der Waals surface area (Å²) in [5.41, 5.74) is 5.64. The number of terminal acetylenes is 1. The second-order valence-corrected chi connectivity index (χ2v) is 3.64. The topological polar surface area (TPSA) is 35.2 Å². The molecule has 1 aliphatic rings. The predicted octanol–water partition coefficient (Wildman–Crippen LogP) is 1.54. The van der Waals surface area contributed by atoms with E-state index in [1.165, 1.54) is 19.3 Å². The number of unbranched alkanes of at least 4 members (excludes halogenated alkanes) is 1. The molecule has 0 bridgehead atoms. The summed E-state index contributed by atoms with van der Waals surface area (Å²) in [7, 11) is 0. The van der Waals surface area contributed by atoms with Crippen molar-refractivity contribution in [2.24, 2.45) is 11.7 Å². The monoisotopic (exact) mass is 181 g/mol. The average molecular weight is 181 g/mol. The summed E-state index contributed by atoms with van der Waals surface area (Å²) < 4.78 is 5.73. The van der Waals surface area contributed by atoms with Crippen LogP contribution in [0.1, 0.15) is 32.1 Å². The molecule has 0 amide bonds. The van der Waals surface area contributed by atoms with E-state index in [4.69, 9.17) is 16.9 Å². The summed E-state index contributed by atoms with van der Waals surface area (Å²) in [6.07, 6.45) is 11.0. The molecule has 1 aliphatic carbocycles. The van der Waals surface area contributed by atoms with Crippen molar-refractivity contribution in [1.82, 2.24) is 0 Å². The molecule has 0 aliphatic heterocycles. The third kappa shape index (κ3) is 3.38. The molecule has 74 valence electrons. The van der Waals surface area contributed by atoms with E-state index in [0.717, 1.165) is 26.0 Å². The van der Waals surface area contributed by atoms with Gasteiger partial charge in [0.2, 0.25) is 0 Å². The summed E-state index contributed by atoms with van der Waals surface area (Å²) in [4.78, 5) is 0. The predicted molar refractivity (Wildman–Crippen MR) is 54.2 cm³/mol. The zero-order valence-corrected chi connectivity index (χ0v) is 8.17. The first-order valence-corrected chi connectivity index (χ1v) is 5.13. The van der Waals surface area contributed by atoms with E-state index in [9.17, 15) is 0 Å². The van der Waals surface area contributed by atoms with Crippen molar-refractivity contribution in [3.05, 3.63) is 0 Å². The first-order valence-electron chi connectivity index (χ1n) is 5.13. The Morgan fingerprint density at radius 2 is 2.31 bits per heavy atom. The van der Waals surface area contributed by atoms with Crippen molar-refractivity contribution in [2.75, 3.05) is 13.2 Å². The number of nitrogens with two attached hydrogens (primary N) is 1. The number of hydrogen-bond acceptors (Lipinski definition) is 2. The zero-order chi connectivity index (χ0) is 9.52. The molecule has 0 heterocycles. The molecule has 2 unspecified atom stereocenters. The van der Waals surface area contributed by atoms with Crippen LogP contribution in [0.2, 0.25) is 0 Å². The minimum absolute atomic E-state index is 0.405. The second-order valence-electron chi connectivity index (χ2n) is 3.64. The van der Waals surface area contributed by atoms with Crippen molar-refractivity contribution in [2.45, 2.75) is 38.2 Å². The molecule has 0 radical (unpaired) electrons. The third-order valence-electron chi connectivity index (χ3n) is 2.69. The SMILES string of the molecule is C#CCCCOC1CCCC1CN. The average Bonchev–Trinajstić information content (AvgIpc) is 2.60. The van der Waals surface area contributed by atoms with Gasteiger partial charge in [-0.15, -0.1) is 12.3 Å². The normalized spacial score (nSPS) is 27.4. The number of ether oxygens (including phenoxy) is 1. The molecule has 2 N–H and O–H groups in total. The molecule has 0 aromatic rings. The van der Waals surface area contributed by atoms with E-state index >= 15 is 0 Å². The summed E-state index contributed by atoms with van der Waals surface area (Å²) in [5, 5.41) is 0. The summed E-state index contributed by atoms with van der Waals surface area (Å²) in [6, 6.07) is 0. The van der Waals surface area contributed by atoms with Crippen LogP contribution >= 0.6 is 0 Å². The Labute approximate surface area is 80.8 Å². The van der Waals surface area contributed by atoms with E-state index < -0.39 is 0 Å². The summed E-state index contributed by atoms with van der Waals surface area (Å²) in [6.45, 7) is 1.56. The van der Waals surface area contributed by atoms with Crippen LogP contribution in [0.15, 0.2) is 0 Å². The van der Waals surface area contributed by atoms with Gasteiger partial charge in [0, 0.05) is 13.0 Å². The van der Waals surface area contributed by atoms with Gasteiger partial charge in [-0.25, -0.2) is 0 Å². The van der Waals surface area contributed by atoms with Crippen LogP contribution in [0.4, 0.5) is 0 Å². The van der Waals surface area contributed by atoms with Crippen LogP contribution in [0.5, 0.6) is 0 Å². The molecule has 1 rings (SSSR count). The van der Waals surface area contributed by atoms with Gasteiger partial charge < -0.3 is 10.5 Å².